The zero-order valence-corrected chi connectivity index (χ0v) is 12.1. The third kappa shape index (κ3) is 4.25. The first-order valence-electron chi connectivity index (χ1n) is 5.05. The number of carbonyl (C=O) groups is 2. The van der Waals surface area contributed by atoms with Gasteiger partial charge >= 0.3 is 11.9 Å². The summed E-state index contributed by atoms with van der Waals surface area (Å²) >= 11 is 2.94. The summed E-state index contributed by atoms with van der Waals surface area (Å²) in [5.74, 6) is -4.27. The van der Waals surface area contributed by atoms with Gasteiger partial charge in [0.2, 0.25) is 10.0 Å². The molecule has 1 rings (SSSR count). The number of carboxylic acid groups (broad SMARTS) is 2. The number of aliphatic carboxylic acids is 2. The van der Waals surface area contributed by atoms with Crippen LogP contribution >= 0.6 is 15.9 Å². The van der Waals surface area contributed by atoms with E-state index >= 15 is 0 Å². The Hall–Kier alpha value is -1.52. The molecule has 7 nitrogen and oxygen atoms in total. The van der Waals surface area contributed by atoms with Gasteiger partial charge in [0.25, 0.3) is 0 Å². The Morgan fingerprint density at radius 2 is 1.95 bits per heavy atom. The molecule has 0 aliphatic heterocycles. The summed E-state index contributed by atoms with van der Waals surface area (Å²) in [5, 5.41) is 17.3. The monoisotopic (exact) mass is 369 g/mol. The predicted octanol–water partition coefficient (Wildman–Crippen LogP) is 0.794. The van der Waals surface area contributed by atoms with Crippen LogP contribution in [-0.2, 0) is 19.6 Å². The zero-order valence-electron chi connectivity index (χ0n) is 9.71. The van der Waals surface area contributed by atoms with Gasteiger partial charge in [-0.15, -0.1) is 0 Å². The Labute approximate surface area is 121 Å². The minimum atomic E-state index is -4.49. The summed E-state index contributed by atoms with van der Waals surface area (Å²) in [5.41, 5.74) is 0. The van der Waals surface area contributed by atoms with Crippen LogP contribution in [0.25, 0.3) is 0 Å². The van der Waals surface area contributed by atoms with Crippen molar-refractivity contribution in [2.24, 2.45) is 0 Å². The quantitative estimate of drug-likeness (QED) is 0.681. The van der Waals surface area contributed by atoms with Gasteiger partial charge in [0.05, 0.1) is 6.42 Å². The summed E-state index contributed by atoms with van der Waals surface area (Å²) in [6.07, 6.45) is -0.966. The molecule has 0 aliphatic carbocycles. The SMILES string of the molecule is O=C(O)C[C@@H](NS(=O)(=O)c1ccc(Br)cc1F)C(=O)O. The molecule has 0 heterocycles. The molecule has 1 aromatic rings. The molecule has 110 valence electrons. The summed E-state index contributed by atoms with van der Waals surface area (Å²) in [4.78, 5) is 20.5. The topological polar surface area (TPSA) is 121 Å². The Balaban J connectivity index is 3.09. The fraction of sp³-hybridized carbons (Fsp3) is 0.200. The van der Waals surface area contributed by atoms with Gasteiger partial charge in [0.15, 0.2) is 0 Å². The summed E-state index contributed by atoms with van der Waals surface area (Å²) in [7, 11) is -4.49. The number of rotatable bonds is 6. The highest BCUT2D eigenvalue weighted by atomic mass is 79.9. The summed E-state index contributed by atoms with van der Waals surface area (Å²) in [6, 6.07) is 1.19. The first-order chi connectivity index (χ1) is 9.13. The van der Waals surface area contributed by atoms with Gasteiger partial charge in [0.1, 0.15) is 16.8 Å². The van der Waals surface area contributed by atoms with Gasteiger partial charge in [-0.05, 0) is 18.2 Å². The number of carboxylic acids is 2. The van der Waals surface area contributed by atoms with E-state index in [-0.39, 0.29) is 0 Å². The van der Waals surface area contributed by atoms with Crippen molar-refractivity contribution >= 4 is 37.9 Å². The Morgan fingerprint density at radius 3 is 2.40 bits per heavy atom. The molecular weight excluding hydrogens is 361 g/mol. The van der Waals surface area contributed by atoms with E-state index in [1.54, 1.807) is 4.72 Å². The maximum Gasteiger partial charge on any atom is 0.322 e. The van der Waals surface area contributed by atoms with E-state index in [4.69, 9.17) is 10.2 Å². The molecule has 1 atom stereocenters. The standard InChI is InChI=1S/C10H9BrFNO6S/c11-5-1-2-8(6(12)3-5)20(18,19)13-7(10(16)17)4-9(14)15/h1-3,7,13H,4H2,(H,14,15)(H,16,17)/t7-/m1/s1. The molecule has 0 aromatic heterocycles. The zero-order chi connectivity index (χ0) is 15.5. The van der Waals surface area contributed by atoms with Crippen molar-refractivity contribution in [3.63, 3.8) is 0 Å². The molecule has 0 amide bonds. The Morgan fingerprint density at radius 1 is 1.35 bits per heavy atom. The van der Waals surface area contributed by atoms with Crippen LogP contribution in [-0.4, -0.2) is 36.6 Å². The normalized spacial score (nSPS) is 12.9. The van der Waals surface area contributed by atoms with Crippen molar-refractivity contribution in [2.75, 3.05) is 0 Å². The number of benzene rings is 1. The van der Waals surface area contributed by atoms with E-state index in [0.29, 0.717) is 4.47 Å². The second kappa shape index (κ2) is 6.29. The molecule has 0 aliphatic rings. The van der Waals surface area contributed by atoms with Crippen LogP contribution < -0.4 is 4.72 Å². The van der Waals surface area contributed by atoms with Gasteiger partial charge in [0, 0.05) is 4.47 Å². The lowest BCUT2D eigenvalue weighted by atomic mass is 10.2. The van der Waals surface area contributed by atoms with Crippen LogP contribution in [0.2, 0.25) is 0 Å². The third-order valence-corrected chi connectivity index (χ3v) is 4.16. The van der Waals surface area contributed by atoms with Crippen LogP contribution in [0.3, 0.4) is 0 Å². The molecule has 0 bridgehead atoms. The fourth-order valence-corrected chi connectivity index (χ4v) is 2.88. The van der Waals surface area contributed by atoms with Crippen LogP contribution in [0.15, 0.2) is 27.6 Å². The smallest absolute Gasteiger partial charge is 0.322 e. The van der Waals surface area contributed by atoms with E-state index in [0.717, 1.165) is 12.1 Å². The number of hydrogen-bond donors (Lipinski definition) is 3. The second-order valence-electron chi connectivity index (χ2n) is 3.68. The molecule has 0 spiro atoms. The maximum absolute atomic E-state index is 13.5. The van der Waals surface area contributed by atoms with Crippen molar-refractivity contribution in [2.45, 2.75) is 17.4 Å². The van der Waals surface area contributed by atoms with Gasteiger partial charge in [-0.2, -0.15) is 4.72 Å². The van der Waals surface area contributed by atoms with Gasteiger partial charge in [-0.3, -0.25) is 9.59 Å². The molecule has 10 heteroatoms. The van der Waals surface area contributed by atoms with Crippen molar-refractivity contribution in [1.29, 1.82) is 0 Å². The predicted molar refractivity (Wildman–Crippen MR) is 68.1 cm³/mol. The van der Waals surface area contributed by atoms with Crippen molar-refractivity contribution in [1.82, 2.24) is 4.72 Å². The highest BCUT2D eigenvalue weighted by molar-refractivity contribution is 9.10. The molecule has 0 saturated carbocycles. The third-order valence-electron chi connectivity index (χ3n) is 2.16. The van der Waals surface area contributed by atoms with Gasteiger partial charge in [-0.1, -0.05) is 15.9 Å². The van der Waals surface area contributed by atoms with Crippen LogP contribution in [0.5, 0.6) is 0 Å². The van der Waals surface area contributed by atoms with Crippen LogP contribution in [0.4, 0.5) is 4.39 Å². The Kier molecular flexibility index (Phi) is 5.20. The molecule has 3 N–H and O–H groups in total. The highest BCUT2D eigenvalue weighted by Gasteiger charge is 2.29. The van der Waals surface area contributed by atoms with Crippen molar-refractivity contribution in [3.05, 3.63) is 28.5 Å². The Bertz CT molecular complexity index is 647. The fourth-order valence-electron chi connectivity index (χ4n) is 1.30. The van der Waals surface area contributed by atoms with E-state index in [1.807, 2.05) is 0 Å². The molecular formula is C10H9BrFNO6S. The maximum atomic E-state index is 13.5. The van der Waals surface area contributed by atoms with Crippen LogP contribution in [0.1, 0.15) is 6.42 Å². The molecule has 0 fully saturated rings. The average Bonchev–Trinajstić information content (AvgIpc) is 2.26. The van der Waals surface area contributed by atoms with E-state index in [1.165, 1.54) is 6.07 Å². The van der Waals surface area contributed by atoms with Gasteiger partial charge < -0.3 is 10.2 Å². The lowest BCUT2D eigenvalue weighted by Crippen LogP contribution is -2.42. The largest absolute Gasteiger partial charge is 0.481 e. The molecule has 0 radical (unpaired) electrons. The minimum absolute atomic E-state index is 0.300. The highest BCUT2D eigenvalue weighted by Crippen LogP contribution is 2.19. The lowest BCUT2D eigenvalue weighted by Gasteiger charge is -2.13. The number of halogens is 2. The number of sulfonamides is 1. The lowest BCUT2D eigenvalue weighted by molar-refractivity contribution is -0.145. The minimum Gasteiger partial charge on any atom is -0.481 e. The average molecular weight is 370 g/mol. The van der Waals surface area contributed by atoms with E-state index in [9.17, 15) is 22.4 Å². The second-order valence-corrected chi connectivity index (χ2v) is 6.28. The molecule has 0 unspecified atom stereocenters. The summed E-state index contributed by atoms with van der Waals surface area (Å²) < 4.78 is 39.2. The van der Waals surface area contributed by atoms with Gasteiger partial charge in [-0.25, -0.2) is 12.8 Å². The molecule has 20 heavy (non-hydrogen) atoms. The molecule has 1 aromatic carbocycles. The first kappa shape index (κ1) is 16.5. The number of hydrogen-bond acceptors (Lipinski definition) is 4. The van der Waals surface area contributed by atoms with Crippen molar-refractivity contribution < 1.29 is 32.6 Å². The molecule has 0 saturated heterocycles. The van der Waals surface area contributed by atoms with Crippen LogP contribution in [0, 0.1) is 5.82 Å². The van der Waals surface area contributed by atoms with E-state index < -0.39 is 45.1 Å². The van der Waals surface area contributed by atoms with E-state index in [2.05, 4.69) is 15.9 Å². The number of nitrogens with one attached hydrogen (secondary N) is 1. The first-order valence-corrected chi connectivity index (χ1v) is 7.33. The van der Waals surface area contributed by atoms with Crippen molar-refractivity contribution in [3.8, 4) is 0 Å². The summed E-state index contributed by atoms with van der Waals surface area (Å²) in [6.45, 7) is 0.